The van der Waals surface area contributed by atoms with Gasteiger partial charge in [0.25, 0.3) is 5.69 Å². The SMILES string of the molecule is N#CC1CCN(Cc2ccc([N+](=O)[O-])cc2Cl)CC1. The topological polar surface area (TPSA) is 70.2 Å². The number of nitrogens with zero attached hydrogens (tertiary/aromatic N) is 3. The van der Waals surface area contributed by atoms with Gasteiger partial charge in [0.2, 0.25) is 0 Å². The zero-order chi connectivity index (χ0) is 13.8. The van der Waals surface area contributed by atoms with E-state index in [0.717, 1.165) is 31.5 Å². The van der Waals surface area contributed by atoms with Crippen molar-refractivity contribution in [3.8, 4) is 6.07 Å². The Balaban J connectivity index is 2.00. The second kappa shape index (κ2) is 6.00. The summed E-state index contributed by atoms with van der Waals surface area (Å²) in [6.07, 6.45) is 1.75. The number of likely N-dealkylation sites (tertiary alicyclic amines) is 1. The molecule has 0 amide bonds. The number of piperidine rings is 1. The predicted octanol–water partition coefficient (Wildman–Crippen LogP) is 2.98. The van der Waals surface area contributed by atoms with Crippen LogP contribution < -0.4 is 0 Å². The van der Waals surface area contributed by atoms with Crippen molar-refractivity contribution in [2.45, 2.75) is 19.4 Å². The Bertz CT molecular complexity index is 519. The molecule has 5 nitrogen and oxygen atoms in total. The first kappa shape index (κ1) is 13.8. The molecule has 0 bridgehead atoms. The number of rotatable bonds is 3. The molecule has 0 aromatic heterocycles. The molecular formula is C13H14ClN3O2. The van der Waals surface area contributed by atoms with E-state index >= 15 is 0 Å². The third kappa shape index (κ3) is 3.43. The lowest BCUT2D eigenvalue weighted by Gasteiger charge is -2.29. The average Bonchev–Trinajstić information content (AvgIpc) is 2.41. The molecule has 1 aliphatic rings. The van der Waals surface area contributed by atoms with Crippen molar-refractivity contribution >= 4 is 17.3 Å². The van der Waals surface area contributed by atoms with Gasteiger partial charge >= 0.3 is 0 Å². The lowest BCUT2D eigenvalue weighted by molar-refractivity contribution is -0.384. The summed E-state index contributed by atoms with van der Waals surface area (Å²) in [5, 5.41) is 19.9. The van der Waals surface area contributed by atoms with E-state index in [9.17, 15) is 10.1 Å². The minimum Gasteiger partial charge on any atom is -0.299 e. The van der Waals surface area contributed by atoms with E-state index < -0.39 is 4.92 Å². The van der Waals surface area contributed by atoms with Crippen LogP contribution in [0.1, 0.15) is 18.4 Å². The Hall–Kier alpha value is -1.64. The first-order chi connectivity index (χ1) is 9.10. The minimum atomic E-state index is -0.450. The van der Waals surface area contributed by atoms with Crippen molar-refractivity contribution in [2.24, 2.45) is 5.92 Å². The molecule has 0 saturated carbocycles. The average molecular weight is 280 g/mol. The highest BCUT2D eigenvalue weighted by Crippen LogP contribution is 2.25. The summed E-state index contributed by atoms with van der Waals surface area (Å²) < 4.78 is 0. The monoisotopic (exact) mass is 279 g/mol. The minimum absolute atomic E-state index is 0.0111. The van der Waals surface area contributed by atoms with Crippen LogP contribution in [0.5, 0.6) is 0 Å². The van der Waals surface area contributed by atoms with E-state index in [0.29, 0.717) is 11.6 Å². The van der Waals surface area contributed by atoms with Gasteiger partial charge in [0, 0.05) is 24.6 Å². The number of nitro benzene ring substituents is 1. The number of halogens is 1. The summed E-state index contributed by atoms with van der Waals surface area (Å²) >= 11 is 6.07. The molecule has 0 N–H and O–H groups in total. The van der Waals surface area contributed by atoms with Gasteiger partial charge in [-0.1, -0.05) is 11.6 Å². The van der Waals surface area contributed by atoms with Gasteiger partial charge in [0.1, 0.15) is 0 Å². The lowest BCUT2D eigenvalue weighted by Crippen LogP contribution is -2.32. The maximum atomic E-state index is 10.6. The zero-order valence-electron chi connectivity index (χ0n) is 10.4. The highest BCUT2D eigenvalue weighted by molar-refractivity contribution is 6.31. The van der Waals surface area contributed by atoms with Gasteiger partial charge in [0.15, 0.2) is 0 Å². The molecule has 1 aliphatic heterocycles. The van der Waals surface area contributed by atoms with E-state index in [-0.39, 0.29) is 11.6 Å². The van der Waals surface area contributed by atoms with Crippen molar-refractivity contribution in [1.29, 1.82) is 5.26 Å². The third-order valence-corrected chi connectivity index (χ3v) is 3.76. The van der Waals surface area contributed by atoms with Gasteiger partial charge < -0.3 is 0 Å². The van der Waals surface area contributed by atoms with Crippen molar-refractivity contribution < 1.29 is 4.92 Å². The maximum absolute atomic E-state index is 10.6. The van der Waals surface area contributed by atoms with Crippen molar-refractivity contribution in [3.63, 3.8) is 0 Å². The van der Waals surface area contributed by atoms with Crippen LogP contribution in [-0.4, -0.2) is 22.9 Å². The number of non-ortho nitro benzene ring substituents is 1. The van der Waals surface area contributed by atoms with E-state index in [2.05, 4.69) is 11.0 Å². The Kier molecular flexibility index (Phi) is 4.35. The molecule has 19 heavy (non-hydrogen) atoms. The number of hydrogen-bond acceptors (Lipinski definition) is 4. The maximum Gasteiger partial charge on any atom is 0.270 e. The summed E-state index contributed by atoms with van der Waals surface area (Å²) in [4.78, 5) is 12.4. The van der Waals surface area contributed by atoms with Crippen molar-refractivity contribution in [1.82, 2.24) is 4.90 Å². The fourth-order valence-electron chi connectivity index (χ4n) is 2.24. The van der Waals surface area contributed by atoms with Gasteiger partial charge in [-0.25, -0.2) is 0 Å². The normalized spacial score (nSPS) is 17.1. The smallest absolute Gasteiger partial charge is 0.270 e. The van der Waals surface area contributed by atoms with Crippen LogP contribution in [0, 0.1) is 27.4 Å². The molecule has 100 valence electrons. The van der Waals surface area contributed by atoms with Crippen LogP contribution in [0.25, 0.3) is 0 Å². The standard InChI is InChI=1S/C13H14ClN3O2/c14-13-7-12(17(18)19)2-1-11(13)9-16-5-3-10(8-15)4-6-16/h1-2,7,10H,3-6,9H2. The van der Waals surface area contributed by atoms with Crippen LogP contribution in [0.4, 0.5) is 5.69 Å². The molecule has 0 unspecified atom stereocenters. The van der Waals surface area contributed by atoms with Gasteiger partial charge in [-0.2, -0.15) is 5.26 Å². The quantitative estimate of drug-likeness (QED) is 0.630. The Morgan fingerprint density at radius 2 is 2.16 bits per heavy atom. The van der Waals surface area contributed by atoms with Crippen LogP contribution >= 0.6 is 11.6 Å². The van der Waals surface area contributed by atoms with Crippen molar-refractivity contribution in [2.75, 3.05) is 13.1 Å². The third-order valence-electron chi connectivity index (χ3n) is 3.41. The molecule has 1 aromatic rings. The fraction of sp³-hybridized carbons (Fsp3) is 0.462. The summed E-state index contributed by atoms with van der Waals surface area (Å²) in [5.74, 6) is 0.156. The zero-order valence-corrected chi connectivity index (χ0v) is 11.1. The summed E-state index contributed by atoms with van der Waals surface area (Å²) in [6.45, 7) is 2.41. The van der Waals surface area contributed by atoms with E-state index in [1.54, 1.807) is 6.07 Å². The number of nitriles is 1. The highest BCUT2D eigenvalue weighted by atomic mass is 35.5. The highest BCUT2D eigenvalue weighted by Gasteiger charge is 2.19. The molecule has 0 spiro atoms. The van der Waals surface area contributed by atoms with Gasteiger partial charge in [0.05, 0.1) is 16.0 Å². The molecule has 2 rings (SSSR count). The van der Waals surface area contributed by atoms with Crippen LogP contribution in [0.15, 0.2) is 18.2 Å². The molecule has 0 radical (unpaired) electrons. The Labute approximate surface area is 116 Å². The van der Waals surface area contributed by atoms with Crippen molar-refractivity contribution in [3.05, 3.63) is 38.9 Å². The molecule has 1 saturated heterocycles. The van der Waals surface area contributed by atoms with Gasteiger partial charge in [-0.3, -0.25) is 15.0 Å². The fourth-order valence-corrected chi connectivity index (χ4v) is 2.47. The summed E-state index contributed by atoms with van der Waals surface area (Å²) in [7, 11) is 0. The largest absolute Gasteiger partial charge is 0.299 e. The Morgan fingerprint density at radius 3 is 2.68 bits per heavy atom. The van der Waals surface area contributed by atoms with Gasteiger partial charge in [-0.15, -0.1) is 0 Å². The second-order valence-corrected chi connectivity index (χ2v) is 5.12. The van der Waals surface area contributed by atoms with E-state index in [1.165, 1.54) is 12.1 Å². The van der Waals surface area contributed by atoms with E-state index in [4.69, 9.17) is 16.9 Å². The van der Waals surface area contributed by atoms with Crippen LogP contribution in [0.2, 0.25) is 5.02 Å². The first-order valence-corrected chi connectivity index (χ1v) is 6.52. The Morgan fingerprint density at radius 1 is 1.47 bits per heavy atom. The van der Waals surface area contributed by atoms with Gasteiger partial charge in [-0.05, 0) is 37.6 Å². The summed E-state index contributed by atoms with van der Waals surface area (Å²) in [6, 6.07) is 6.86. The number of benzene rings is 1. The van der Waals surface area contributed by atoms with Crippen LogP contribution in [0.3, 0.4) is 0 Å². The molecule has 6 heteroatoms. The molecule has 0 aliphatic carbocycles. The molecule has 0 atom stereocenters. The molecule has 1 aromatic carbocycles. The second-order valence-electron chi connectivity index (χ2n) is 4.71. The van der Waals surface area contributed by atoms with Crippen LogP contribution in [-0.2, 0) is 6.54 Å². The predicted molar refractivity (Wildman–Crippen MR) is 71.7 cm³/mol. The number of nitro groups is 1. The molecular weight excluding hydrogens is 266 g/mol. The molecule has 1 heterocycles. The first-order valence-electron chi connectivity index (χ1n) is 6.15. The lowest BCUT2D eigenvalue weighted by atomic mass is 9.98. The number of hydrogen-bond donors (Lipinski definition) is 0. The summed E-state index contributed by atoms with van der Waals surface area (Å²) in [5.41, 5.74) is 0.902. The van der Waals surface area contributed by atoms with E-state index in [1.807, 2.05) is 0 Å². The molecule has 1 fully saturated rings.